The van der Waals surface area contributed by atoms with Crippen LogP contribution in [-0.4, -0.2) is 33.6 Å². The van der Waals surface area contributed by atoms with E-state index in [0.29, 0.717) is 41.9 Å². The van der Waals surface area contributed by atoms with E-state index in [2.05, 4.69) is 17.0 Å². The SMILES string of the molecule is C[C@H]1CCCC[C@@H]1NC(=O)c1ccc(NS(=O)(=O)c2ccc3c(c2)OCCCO3)cc1. The second-order valence-corrected chi connectivity index (χ2v) is 9.87. The monoisotopic (exact) mass is 444 g/mol. The van der Waals surface area contributed by atoms with Crippen LogP contribution in [0.25, 0.3) is 0 Å². The molecule has 1 amide bonds. The summed E-state index contributed by atoms with van der Waals surface area (Å²) in [5, 5.41) is 3.11. The van der Waals surface area contributed by atoms with E-state index in [1.807, 2.05) is 0 Å². The van der Waals surface area contributed by atoms with Crippen LogP contribution in [0.2, 0.25) is 0 Å². The Labute approximate surface area is 183 Å². The summed E-state index contributed by atoms with van der Waals surface area (Å²) in [6, 6.07) is 11.2. The minimum atomic E-state index is -3.81. The molecule has 0 spiro atoms. The molecule has 8 heteroatoms. The van der Waals surface area contributed by atoms with Crippen LogP contribution in [0.15, 0.2) is 47.4 Å². The molecule has 2 aliphatic rings. The van der Waals surface area contributed by atoms with E-state index in [4.69, 9.17) is 9.47 Å². The van der Waals surface area contributed by atoms with Crippen molar-refractivity contribution in [1.29, 1.82) is 0 Å². The Hall–Kier alpha value is -2.74. The van der Waals surface area contributed by atoms with Gasteiger partial charge in [0.15, 0.2) is 11.5 Å². The van der Waals surface area contributed by atoms with Crippen molar-refractivity contribution in [2.45, 2.75) is 50.0 Å². The van der Waals surface area contributed by atoms with Crippen LogP contribution in [0, 0.1) is 5.92 Å². The van der Waals surface area contributed by atoms with Gasteiger partial charge in [-0.25, -0.2) is 8.42 Å². The van der Waals surface area contributed by atoms with E-state index < -0.39 is 10.0 Å². The van der Waals surface area contributed by atoms with Crippen molar-refractivity contribution < 1.29 is 22.7 Å². The summed E-state index contributed by atoms with van der Waals surface area (Å²) in [6.45, 7) is 3.19. The van der Waals surface area contributed by atoms with Crippen molar-refractivity contribution in [3.05, 3.63) is 48.0 Å². The van der Waals surface area contributed by atoms with Gasteiger partial charge in [0.1, 0.15) is 0 Å². The summed E-state index contributed by atoms with van der Waals surface area (Å²) in [6.07, 6.45) is 5.22. The van der Waals surface area contributed by atoms with Crippen LogP contribution in [0.1, 0.15) is 49.4 Å². The second-order valence-electron chi connectivity index (χ2n) is 8.18. The molecule has 0 unspecified atom stereocenters. The number of sulfonamides is 1. The van der Waals surface area contributed by atoms with Gasteiger partial charge in [0.05, 0.1) is 18.1 Å². The fourth-order valence-electron chi connectivity index (χ4n) is 4.00. The topological polar surface area (TPSA) is 93.7 Å². The number of carbonyl (C=O) groups is 1. The van der Waals surface area contributed by atoms with E-state index in [-0.39, 0.29) is 16.8 Å². The molecule has 1 fully saturated rings. The standard InChI is InChI=1S/C23H28N2O5S/c1-16-5-2-3-6-20(16)24-23(26)17-7-9-18(10-8-17)25-31(27,28)19-11-12-21-22(15-19)30-14-4-13-29-21/h7-12,15-16,20,25H,2-6,13-14H2,1H3,(H,24,26)/t16-,20-/m0/s1. The third-order valence-electron chi connectivity index (χ3n) is 5.86. The zero-order valence-electron chi connectivity index (χ0n) is 17.6. The fourth-order valence-corrected chi connectivity index (χ4v) is 5.07. The Morgan fingerprint density at radius 1 is 0.935 bits per heavy atom. The lowest BCUT2D eigenvalue weighted by atomic mass is 9.86. The molecule has 1 saturated carbocycles. The van der Waals surface area contributed by atoms with Gasteiger partial charge in [-0.1, -0.05) is 19.8 Å². The zero-order chi connectivity index (χ0) is 21.8. The van der Waals surface area contributed by atoms with Crippen LogP contribution in [-0.2, 0) is 10.0 Å². The first-order chi connectivity index (χ1) is 14.9. The van der Waals surface area contributed by atoms with Gasteiger partial charge in [-0.05, 0) is 55.2 Å². The van der Waals surface area contributed by atoms with Crippen LogP contribution in [0.3, 0.4) is 0 Å². The lowest BCUT2D eigenvalue weighted by Gasteiger charge is -2.29. The number of nitrogens with one attached hydrogen (secondary N) is 2. The molecule has 166 valence electrons. The molecule has 1 heterocycles. The predicted molar refractivity (Wildman–Crippen MR) is 118 cm³/mol. The molecule has 0 bridgehead atoms. The van der Waals surface area contributed by atoms with Crippen LogP contribution >= 0.6 is 0 Å². The number of rotatable bonds is 5. The number of fused-ring (bicyclic) bond motifs is 1. The third-order valence-corrected chi connectivity index (χ3v) is 7.24. The van der Waals surface area contributed by atoms with Gasteiger partial charge < -0.3 is 14.8 Å². The predicted octanol–water partition coefficient (Wildman–Crippen LogP) is 3.96. The van der Waals surface area contributed by atoms with Gasteiger partial charge in [-0.2, -0.15) is 0 Å². The van der Waals surface area contributed by atoms with Crippen molar-refractivity contribution >= 4 is 21.6 Å². The van der Waals surface area contributed by atoms with Gasteiger partial charge >= 0.3 is 0 Å². The quantitative estimate of drug-likeness (QED) is 0.728. The smallest absolute Gasteiger partial charge is 0.262 e. The highest BCUT2D eigenvalue weighted by Gasteiger charge is 2.23. The van der Waals surface area contributed by atoms with Crippen LogP contribution in [0.5, 0.6) is 11.5 Å². The molecular weight excluding hydrogens is 416 g/mol. The number of benzene rings is 2. The number of hydrogen-bond acceptors (Lipinski definition) is 5. The fraction of sp³-hybridized carbons (Fsp3) is 0.435. The minimum Gasteiger partial charge on any atom is -0.490 e. The molecule has 2 N–H and O–H groups in total. The highest BCUT2D eigenvalue weighted by atomic mass is 32.2. The number of carbonyl (C=O) groups excluding carboxylic acids is 1. The van der Waals surface area contributed by atoms with E-state index in [0.717, 1.165) is 25.7 Å². The van der Waals surface area contributed by atoms with Crippen molar-refractivity contribution in [2.75, 3.05) is 17.9 Å². The van der Waals surface area contributed by atoms with Crippen molar-refractivity contribution in [3.63, 3.8) is 0 Å². The van der Waals surface area contributed by atoms with E-state index in [1.165, 1.54) is 18.6 Å². The number of hydrogen-bond donors (Lipinski definition) is 2. The molecule has 1 aliphatic heterocycles. The number of anilines is 1. The summed E-state index contributed by atoms with van der Waals surface area (Å²) in [5.41, 5.74) is 0.894. The van der Waals surface area contributed by atoms with E-state index in [1.54, 1.807) is 30.3 Å². The van der Waals surface area contributed by atoms with Crippen molar-refractivity contribution in [2.24, 2.45) is 5.92 Å². The average molecular weight is 445 g/mol. The van der Waals surface area contributed by atoms with Gasteiger partial charge in [0, 0.05) is 29.8 Å². The molecule has 7 nitrogen and oxygen atoms in total. The summed E-state index contributed by atoms with van der Waals surface area (Å²) in [7, 11) is -3.81. The molecule has 0 saturated heterocycles. The molecule has 2 aromatic rings. The van der Waals surface area contributed by atoms with Crippen molar-refractivity contribution in [1.82, 2.24) is 5.32 Å². The van der Waals surface area contributed by atoms with Gasteiger partial charge in [0.25, 0.3) is 15.9 Å². The Morgan fingerprint density at radius 2 is 1.65 bits per heavy atom. The van der Waals surface area contributed by atoms with Gasteiger partial charge in [-0.3, -0.25) is 9.52 Å². The Morgan fingerprint density at radius 3 is 2.39 bits per heavy atom. The van der Waals surface area contributed by atoms with E-state index in [9.17, 15) is 13.2 Å². The summed E-state index contributed by atoms with van der Waals surface area (Å²) in [5.74, 6) is 1.30. The maximum Gasteiger partial charge on any atom is 0.262 e. The molecule has 0 aromatic heterocycles. The highest BCUT2D eigenvalue weighted by Crippen LogP contribution is 2.32. The van der Waals surface area contributed by atoms with Gasteiger partial charge in [-0.15, -0.1) is 0 Å². The largest absolute Gasteiger partial charge is 0.490 e. The first kappa shape index (κ1) is 21.5. The molecule has 2 aromatic carbocycles. The lowest BCUT2D eigenvalue weighted by molar-refractivity contribution is 0.0910. The highest BCUT2D eigenvalue weighted by molar-refractivity contribution is 7.92. The second kappa shape index (κ2) is 9.18. The summed E-state index contributed by atoms with van der Waals surface area (Å²) >= 11 is 0. The van der Waals surface area contributed by atoms with Crippen molar-refractivity contribution in [3.8, 4) is 11.5 Å². The minimum absolute atomic E-state index is 0.0878. The normalized spacial score (nSPS) is 21.1. The Kier molecular flexibility index (Phi) is 6.36. The maximum absolute atomic E-state index is 12.8. The Bertz CT molecular complexity index is 1040. The van der Waals surface area contributed by atoms with E-state index >= 15 is 0 Å². The third kappa shape index (κ3) is 5.12. The molecule has 0 radical (unpaired) electrons. The first-order valence-electron chi connectivity index (χ1n) is 10.8. The molecule has 4 rings (SSSR count). The first-order valence-corrected chi connectivity index (χ1v) is 12.2. The number of amides is 1. The van der Waals surface area contributed by atoms with Crippen LogP contribution in [0.4, 0.5) is 5.69 Å². The van der Waals surface area contributed by atoms with Gasteiger partial charge in [0.2, 0.25) is 0 Å². The van der Waals surface area contributed by atoms with Crippen LogP contribution < -0.4 is 19.5 Å². The molecule has 31 heavy (non-hydrogen) atoms. The molecule has 1 aliphatic carbocycles. The maximum atomic E-state index is 12.8. The molecular formula is C23H28N2O5S. The zero-order valence-corrected chi connectivity index (χ0v) is 18.4. The lowest BCUT2D eigenvalue weighted by Crippen LogP contribution is -2.41. The summed E-state index contributed by atoms with van der Waals surface area (Å²) < 4.78 is 39.3. The number of ether oxygens (including phenoxy) is 2. The summed E-state index contributed by atoms with van der Waals surface area (Å²) in [4.78, 5) is 12.7. The molecule has 2 atom stereocenters. The Balaban J connectivity index is 1.43. The average Bonchev–Trinajstić information content (AvgIpc) is 3.00.